The van der Waals surface area contributed by atoms with E-state index < -0.39 is 0 Å². The summed E-state index contributed by atoms with van der Waals surface area (Å²) in [6.07, 6.45) is 2.34. The summed E-state index contributed by atoms with van der Waals surface area (Å²) < 4.78 is 5.57. The van der Waals surface area contributed by atoms with E-state index in [2.05, 4.69) is 48.6 Å². The first-order chi connectivity index (χ1) is 9.67. The molecule has 1 fully saturated rings. The number of ether oxygens (including phenoxy) is 1. The molecule has 0 aromatic carbocycles. The molecule has 1 aromatic heterocycles. The maximum Gasteiger partial charge on any atom is 0.0472 e. The Morgan fingerprint density at radius 2 is 2.20 bits per heavy atom. The molecule has 4 heteroatoms. The topological polar surface area (TPSA) is 24.5 Å². The molecular weight excluding hydrogens is 268 g/mol. The van der Waals surface area contributed by atoms with Crippen molar-refractivity contribution in [2.75, 3.05) is 39.9 Å². The summed E-state index contributed by atoms with van der Waals surface area (Å²) in [5.74, 6) is 0. The summed E-state index contributed by atoms with van der Waals surface area (Å²) in [6, 6.07) is 4.89. The van der Waals surface area contributed by atoms with Gasteiger partial charge in [0.1, 0.15) is 0 Å². The number of hydrogen-bond donors (Lipinski definition) is 1. The van der Waals surface area contributed by atoms with E-state index >= 15 is 0 Å². The van der Waals surface area contributed by atoms with Crippen molar-refractivity contribution < 1.29 is 4.74 Å². The van der Waals surface area contributed by atoms with Crippen LogP contribution < -0.4 is 5.32 Å². The first kappa shape index (κ1) is 16.0. The normalized spacial score (nSPS) is 20.2. The van der Waals surface area contributed by atoms with Crippen LogP contribution in [0, 0.1) is 5.41 Å². The number of thiophene rings is 1. The predicted molar refractivity (Wildman–Crippen MR) is 86.4 cm³/mol. The molecule has 1 saturated heterocycles. The van der Waals surface area contributed by atoms with E-state index in [1.165, 1.54) is 17.7 Å². The van der Waals surface area contributed by atoms with Gasteiger partial charge in [-0.1, -0.05) is 13.0 Å². The Bertz CT molecular complexity index is 374. The molecule has 20 heavy (non-hydrogen) atoms. The van der Waals surface area contributed by atoms with Crippen LogP contribution in [0.2, 0.25) is 0 Å². The number of nitrogens with one attached hydrogen (secondary N) is 1. The third-order valence-corrected chi connectivity index (χ3v) is 5.55. The van der Waals surface area contributed by atoms with E-state index in [1.54, 1.807) is 0 Å². The van der Waals surface area contributed by atoms with Crippen molar-refractivity contribution in [3.8, 4) is 0 Å². The molecule has 1 atom stereocenters. The van der Waals surface area contributed by atoms with Crippen molar-refractivity contribution in [2.24, 2.45) is 5.41 Å². The highest BCUT2D eigenvalue weighted by Gasteiger charge is 2.34. The van der Waals surface area contributed by atoms with E-state index in [0.29, 0.717) is 11.5 Å². The Kier molecular flexibility index (Phi) is 6.02. The maximum atomic E-state index is 5.57. The monoisotopic (exact) mass is 296 g/mol. The number of nitrogens with zero attached hydrogens (tertiary/aromatic N) is 1. The molecule has 1 aliphatic rings. The maximum absolute atomic E-state index is 5.57. The lowest BCUT2D eigenvalue weighted by atomic mass is 9.79. The zero-order valence-corrected chi connectivity index (χ0v) is 13.8. The molecule has 0 spiro atoms. The summed E-state index contributed by atoms with van der Waals surface area (Å²) in [4.78, 5) is 3.97. The lowest BCUT2D eigenvalue weighted by Gasteiger charge is -2.41. The average molecular weight is 296 g/mol. The van der Waals surface area contributed by atoms with Gasteiger partial charge in [-0.05, 0) is 50.2 Å². The second-order valence-corrected chi connectivity index (χ2v) is 6.98. The summed E-state index contributed by atoms with van der Waals surface area (Å²) in [5, 5.41) is 5.73. The second-order valence-electron chi connectivity index (χ2n) is 6.00. The highest BCUT2D eigenvalue weighted by Crippen LogP contribution is 2.33. The Hall–Kier alpha value is -0.420. The van der Waals surface area contributed by atoms with Crippen molar-refractivity contribution in [1.82, 2.24) is 10.2 Å². The molecule has 1 aliphatic heterocycles. The van der Waals surface area contributed by atoms with Crippen molar-refractivity contribution in [2.45, 2.75) is 32.7 Å². The standard InChI is InChI=1S/C16H28N2OS/c1-4-17-12-16(7-9-19-10-8-16)13-18(3)14(2)15-6-5-11-20-15/h5-6,11,14,17H,4,7-10,12-13H2,1-3H3. The fraction of sp³-hybridized carbons (Fsp3) is 0.750. The van der Waals surface area contributed by atoms with Gasteiger partial charge < -0.3 is 10.1 Å². The van der Waals surface area contributed by atoms with Gasteiger partial charge in [-0.2, -0.15) is 0 Å². The van der Waals surface area contributed by atoms with Gasteiger partial charge in [0.25, 0.3) is 0 Å². The first-order valence-corrected chi connectivity index (χ1v) is 8.57. The molecule has 0 bridgehead atoms. The van der Waals surface area contributed by atoms with Crippen molar-refractivity contribution in [1.29, 1.82) is 0 Å². The summed E-state index contributed by atoms with van der Waals surface area (Å²) in [5.41, 5.74) is 0.370. The van der Waals surface area contributed by atoms with Crippen molar-refractivity contribution in [3.63, 3.8) is 0 Å². The van der Waals surface area contributed by atoms with Crippen molar-refractivity contribution >= 4 is 11.3 Å². The molecule has 114 valence electrons. The highest BCUT2D eigenvalue weighted by molar-refractivity contribution is 7.10. The number of hydrogen-bond acceptors (Lipinski definition) is 4. The van der Waals surface area contributed by atoms with E-state index in [9.17, 15) is 0 Å². The van der Waals surface area contributed by atoms with Gasteiger partial charge >= 0.3 is 0 Å². The minimum Gasteiger partial charge on any atom is -0.381 e. The highest BCUT2D eigenvalue weighted by atomic mass is 32.1. The summed E-state index contributed by atoms with van der Waals surface area (Å²) >= 11 is 1.86. The molecule has 0 saturated carbocycles. The average Bonchev–Trinajstić information content (AvgIpc) is 2.99. The SMILES string of the molecule is CCNCC1(CN(C)C(C)c2cccs2)CCOCC1. The second kappa shape index (κ2) is 7.55. The molecule has 2 heterocycles. The molecule has 3 nitrogen and oxygen atoms in total. The third-order valence-electron chi connectivity index (χ3n) is 4.50. The van der Waals surface area contributed by atoms with E-state index in [-0.39, 0.29) is 0 Å². The van der Waals surface area contributed by atoms with Crippen LogP contribution in [-0.4, -0.2) is 44.8 Å². The van der Waals surface area contributed by atoms with Gasteiger partial charge in [0.05, 0.1) is 0 Å². The third kappa shape index (κ3) is 4.04. The van der Waals surface area contributed by atoms with Gasteiger partial charge in [-0.25, -0.2) is 0 Å². The minimum atomic E-state index is 0.370. The van der Waals surface area contributed by atoms with Crippen LogP contribution >= 0.6 is 11.3 Å². The molecule has 1 unspecified atom stereocenters. The smallest absolute Gasteiger partial charge is 0.0472 e. The molecular formula is C16H28N2OS. The summed E-state index contributed by atoms with van der Waals surface area (Å²) in [7, 11) is 2.26. The first-order valence-electron chi connectivity index (χ1n) is 7.69. The Morgan fingerprint density at radius 3 is 2.80 bits per heavy atom. The molecule has 0 aliphatic carbocycles. The summed E-state index contributed by atoms with van der Waals surface area (Å²) in [6.45, 7) is 9.61. The Labute approximate surface area is 127 Å². The fourth-order valence-corrected chi connectivity index (χ4v) is 3.85. The molecule has 2 rings (SSSR count). The largest absolute Gasteiger partial charge is 0.381 e. The van der Waals surface area contributed by atoms with Crippen LogP contribution in [0.15, 0.2) is 17.5 Å². The van der Waals surface area contributed by atoms with Gasteiger partial charge in [0.15, 0.2) is 0 Å². The van der Waals surface area contributed by atoms with Gasteiger partial charge in [0.2, 0.25) is 0 Å². The van der Waals surface area contributed by atoms with E-state index in [1.807, 2.05) is 11.3 Å². The minimum absolute atomic E-state index is 0.370. The zero-order chi connectivity index (χ0) is 14.4. The van der Waals surface area contributed by atoms with Crippen LogP contribution in [0.25, 0.3) is 0 Å². The van der Waals surface area contributed by atoms with E-state index in [0.717, 1.165) is 32.8 Å². The lowest BCUT2D eigenvalue weighted by molar-refractivity contribution is -0.00536. The molecule has 0 radical (unpaired) electrons. The van der Waals surface area contributed by atoms with Crippen molar-refractivity contribution in [3.05, 3.63) is 22.4 Å². The lowest BCUT2D eigenvalue weighted by Crippen LogP contribution is -2.46. The quantitative estimate of drug-likeness (QED) is 0.836. The van der Waals surface area contributed by atoms with Gasteiger partial charge in [0, 0.05) is 37.2 Å². The molecule has 0 amide bonds. The van der Waals surface area contributed by atoms with Crippen LogP contribution in [-0.2, 0) is 4.74 Å². The Balaban J connectivity index is 1.99. The zero-order valence-electron chi connectivity index (χ0n) is 13.0. The molecule has 1 aromatic rings. The van der Waals surface area contributed by atoms with Crippen LogP contribution in [0.3, 0.4) is 0 Å². The fourth-order valence-electron chi connectivity index (χ4n) is 3.00. The van der Waals surface area contributed by atoms with Crippen LogP contribution in [0.4, 0.5) is 0 Å². The molecule has 1 N–H and O–H groups in total. The predicted octanol–water partition coefficient (Wildman–Crippen LogP) is 3.15. The van der Waals surface area contributed by atoms with Gasteiger partial charge in [-0.15, -0.1) is 11.3 Å². The number of rotatable bonds is 7. The van der Waals surface area contributed by atoms with Crippen LogP contribution in [0.1, 0.15) is 37.6 Å². The van der Waals surface area contributed by atoms with Gasteiger partial charge in [-0.3, -0.25) is 4.90 Å². The Morgan fingerprint density at radius 1 is 1.45 bits per heavy atom. The van der Waals surface area contributed by atoms with E-state index in [4.69, 9.17) is 4.74 Å². The van der Waals surface area contributed by atoms with Crippen LogP contribution in [0.5, 0.6) is 0 Å².